The minimum absolute atomic E-state index is 0.153. The molecule has 0 atom stereocenters. The second-order valence-electron chi connectivity index (χ2n) is 18.4. The predicted octanol–water partition coefficient (Wildman–Crippen LogP) is 18.6. The second-order valence-corrected chi connectivity index (χ2v) is 18.4. The van der Waals surface area contributed by atoms with Gasteiger partial charge in [-0.25, -0.2) is 0 Å². The Morgan fingerprint density at radius 1 is 0.294 bits per heavy atom. The van der Waals surface area contributed by atoms with Gasteiger partial charge in [-0.2, -0.15) is 0 Å². The molecule has 1 aliphatic rings. The summed E-state index contributed by atoms with van der Waals surface area (Å²) in [6.45, 7) is 4.75. The molecule has 0 aliphatic heterocycles. The fourth-order valence-electron chi connectivity index (χ4n) is 10.9. The molecule has 1 heteroatoms. The Balaban J connectivity index is 1.04. The first-order chi connectivity index (χ1) is 33.5. The molecule has 0 amide bonds. The fraction of sp³-hybridized carbons (Fsp3) is 0.0448. The lowest BCUT2D eigenvalue weighted by Gasteiger charge is -2.31. The number of fused-ring (bicyclic) bond motifs is 4. The van der Waals surface area contributed by atoms with Crippen LogP contribution in [0.25, 0.3) is 88.7 Å². The molecule has 0 spiro atoms. The Morgan fingerprint density at radius 2 is 0.779 bits per heavy atom. The molecular weight excluding hydrogens is 819 g/mol. The summed E-state index contributed by atoms with van der Waals surface area (Å²) >= 11 is 0. The van der Waals surface area contributed by atoms with Gasteiger partial charge in [0.05, 0.1) is 5.69 Å². The first-order valence-electron chi connectivity index (χ1n) is 23.7. The van der Waals surface area contributed by atoms with E-state index in [0.717, 1.165) is 17.1 Å². The summed E-state index contributed by atoms with van der Waals surface area (Å²) in [6, 6.07) is 95.6. The largest absolute Gasteiger partial charge is 0.310 e. The summed E-state index contributed by atoms with van der Waals surface area (Å²) in [5.74, 6) is 0. The summed E-state index contributed by atoms with van der Waals surface area (Å²) in [5.41, 5.74) is 22.9. The van der Waals surface area contributed by atoms with Crippen molar-refractivity contribution in [1.29, 1.82) is 0 Å². The highest BCUT2D eigenvalue weighted by Crippen LogP contribution is 2.53. The third-order valence-corrected chi connectivity index (χ3v) is 14.1. The first kappa shape index (κ1) is 40.9. The normalized spacial score (nSPS) is 12.4. The van der Waals surface area contributed by atoms with E-state index in [-0.39, 0.29) is 5.41 Å². The van der Waals surface area contributed by atoms with E-state index in [1.807, 2.05) is 0 Å². The lowest BCUT2D eigenvalue weighted by molar-refractivity contribution is 0.662. The fourth-order valence-corrected chi connectivity index (χ4v) is 10.9. The van der Waals surface area contributed by atoms with Gasteiger partial charge in [0.15, 0.2) is 0 Å². The van der Waals surface area contributed by atoms with E-state index in [4.69, 9.17) is 0 Å². The van der Waals surface area contributed by atoms with Crippen LogP contribution in [0.4, 0.5) is 17.1 Å². The lowest BCUT2D eigenvalue weighted by atomic mass is 9.79. The molecule has 322 valence electrons. The van der Waals surface area contributed by atoms with Crippen LogP contribution in [0.1, 0.15) is 25.0 Å². The van der Waals surface area contributed by atoms with E-state index in [2.05, 4.69) is 280 Å². The first-order valence-corrected chi connectivity index (χ1v) is 23.7. The summed E-state index contributed by atoms with van der Waals surface area (Å²) in [7, 11) is 0. The highest BCUT2D eigenvalue weighted by Gasteiger charge is 2.37. The SMILES string of the molecule is CC1(C)c2ccccc2-c2cccc(-c3cccc(N(c4ccc(-c5ccc(-c6cccc7ccccc67)cc5)cc4)c4cccc(-c5ccccc5)c4-c4ccccc4-c4ccccc4)c3)c21. The third kappa shape index (κ3) is 7.12. The number of hydrogen-bond donors (Lipinski definition) is 0. The molecule has 1 nitrogen and oxygen atoms in total. The molecule has 0 fully saturated rings. The Hall–Kier alpha value is -8.52. The highest BCUT2D eigenvalue weighted by atomic mass is 15.1. The minimum atomic E-state index is -0.153. The zero-order valence-electron chi connectivity index (χ0n) is 38.3. The van der Waals surface area contributed by atoms with E-state index in [1.54, 1.807) is 0 Å². The Labute approximate surface area is 399 Å². The van der Waals surface area contributed by atoms with Gasteiger partial charge in [0.2, 0.25) is 0 Å². The van der Waals surface area contributed by atoms with E-state index in [0.29, 0.717) is 0 Å². The molecule has 0 N–H and O–H groups in total. The zero-order valence-corrected chi connectivity index (χ0v) is 38.3. The molecule has 0 saturated carbocycles. The van der Waals surface area contributed by atoms with Gasteiger partial charge in [0, 0.05) is 22.4 Å². The monoisotopic (exact) mass is 867 g/mol. The van der Waals surface area contributed by atoms with Crippen LogP contribution < -0.4 is 4.90 Å². The van der Waals surface area contributed by atoms with Crippen molar-refractivity contribution in [2.24, 2.45) is 0 Å². The summed E-state index contributed by atoms with van der Waals surface area (Å²) < 4.78 is 0. The van der Waals surface area contributed by atoms with Gasteiger partial charge in [-0.3, -0.25) is 0 Å². The number of nitrogens with zero attached hydrogens (tertiary/aromatic N) is 1. The van der Waals surface area contributed by atoms with E-state index in [9.17, 15) is 0 Å². The molecule has 0 unspecified atom stereocenters. The van der Waals surface area contributed by atoms with Gasteiger partial charge in [0.25, 0.3) is 0 Å². The predicted molar refractivity (Wildman–Crippen MR) is 289 cm³/mol. The zero-order chi connectivity index (χ0) is 45.6. The van der Waals surface area contributed by atoms with Crippen molar-refractivity contribution >= 4 is 27.8 Å². The molecule has 0 saturated heterocycles. The summed E-state index contributed by atoms with van der Waals surface area (Å²) in [6.07, 6.45) is 0. The molecule has 68 heavy (non-hydrogen) atoms. The Morgan fingerprint density at radius 3 is 1.54 bits per heavy atom. The van der Waals surface area contributed by atoms with Crippen molar-refractivity contribution in [3.8, 4) is 77.9 Å². The van der Waals surface area contributed by atoms with E-state index < -0.39 is 0 Å². The second kappa shape index (κ2) is 17.0. The summed E-state index contributed by atoms with van der Waals surface area (Å²) in [4.78, 5) is 2.48. The van der Waals surface area contributed by atoms with Crippen LogP contribution in [0.2, 0.25) is 0 Å². The minimum Gasteiger partial charge on any atom is -0.310 e. The average Bonchev–Trinajstić information content (AvgIpc) is 3.65. The van der Waals surface area contributed by atoms with E-state index >= 15 is 0 Å². The van der Waals surface area contributed by atoms with Crippen LogP contribution >= 0.6 is 0 Å². The van der Waals surface area contributed by atoms with Crippen molar-refractivity contribution < 1.29 is 0 Å². The van der Waals surface area contributed by atoms with Crippen molar-refractivity contribution in [3.05, 3.63) is 272 Å². The maximum atomic E-state index is 2.48. The molecule has 1 aliphatic carbocycles. The Bertz CT molecular complexity index is 3620. The van der Waals surface area contributed by atoms with E-state index in [1.165, 1.54) is 99.8 Å². The maximum Gasteiger partial charge on any atom is 0.0546 e. The van der Waals surface area contributed by atoms with Crippen LogP contribution in [0.3, 0.4) is 0 Å². The highest BCUT2D eigenvalue weighted by molar-refractivity contribution is 6.02. The van der Waals surface area contributed by atoms with Crippen LogP contribution in [-0.4, -0.2) is 0 Å². The third-order valence-electron chi connectivity index (χ3n) is 14.1. The molecule has 0 radical (unpaired) electrons. The lowest BCUT2D eigenvalue weighted by Crippen LogP contribution is -2.16. The van der Waals surface area contributed by atoms with Crippen molar-refractivity contribution in [2.45, 2.75) is 19.3 Å². The summed E-state index contributed by atoms with van der Waals surface area (Å²) in [5, 5.41) is 2.52. The molecule has 0 aromatic heterocycles. The molecule has 11 aromatic rings. The smallest absolute Gasteiger partial charge is 0.0546 e. The number of hydrogen-bond acceptors (Lipinski definition) is 1. The van der Waals surface area contributed by atoms with Crippen LogP contribution in [-0.2, 0) is 5.41 Å². The van der Waals surface area contributed by atoms with Gasteiger partial charge in [-0.1, -0.05) is 244 Å². The van der Waals surface area contributed by atoms with Crippen LogP contribution in [0.5, 0.6) is 0 Å². The van der Waals surface area contributed by atoms with Crippen molar-refractivity contribution in [2.75, 3.05) is 4.90 Å². The number of rotatable bonds is 9. The average molecular weight is 868 g/mol. The molecule has 0 bridgehead atoms. The van der Waals surface area contributed by atoms with Crippen molar-refractivity contribution in [1.82, 2.24) is 0 Å². The topological polar surface area (TPSA) is 3.24 Å². The molecule has 12 rings (SSSR count). The van der Waals surface area contributed by atoms with Gasteiger partial charge in [-0.05, 0) is 125 Å². The molecule has 0 heterocycles. The molecule has 11 aromatic carbocycles. The quantitative estimate of drug-likeness (QED) is 0.140. The van der Waals surface area contributed by atoms with Crippen LogP contribution in [0.15, 0.2) is 261 Å². The van der Waals surface area contributed by atoms with Gasteiger partial charge < -0.3 is 4.90 Å². The number of benzene rings is 11. The number of anilines is 3. The van der Waals surface area contributed by atoms with Crippen LogP contribution in [0, 0.1) is 0 Å². The van der Waals surface area contributed by atoms with Crippen molar-refractivity contribution in [3.63, 3.8) is 0 Å². The van der Waals surface area contributed by atoms with Gasteiger partial charge >= 0.3 is 0 Å². The maximum absolute atomic E-state index is 2.48. The Kier molecular flexibility index (Phi) is 10.3. The van der Waals surface area contributed by atoms with Gasteiger partial charge in [0.1, 0.15) is 0 Å². The molecular formula is C67H49N. The standard InChI is InChI=1S/C67H49N/c1-67(2)63-35-14-13-29-60(63)62-34-17-33-59(66(62)67)52-25-15-26-54(45-52)68(53-43-41-47(42-44-53)46-37-39-51(40-38-46)56-31-16-24-49-23-9-10-27-55(49)56)64-36-18-32-58(50-21-7-4-8-22-50)65(64)61-30-12-11-28-57(61)48-19-5-3-6-20-48/h3-45H,1-2H3. The van der Waals surface area contributed by atoms with Gasteiger partial charge in [-0.15, -0.1) is 0 Å².